The number of ether oxygens (including phenoxy) is 2. The Balaban J connectivity index is 1.98. The number of rotatable bonds is 2. The average molecular weight is 292 g/mol. The Bertz CT molecular complexity index is 717. The average Bonchev–Trinajstić information content (AvgIpc) is 2.71. The Morgan fingerprint density at radius 2 is 2.05 bits per heavy atom. The monoisotopic (exact) mass is 292 g/mol. The molecule has 0 saturated carbocycles. The van der Waals surface area contributed by atoms with E-state index in [1.54, 1.807) is 12.1 Å². The normalized spacial score (nSPS) is 15.4. The van der Waals surface area contributed by atoms with Crippen molar-refractivity contribution in [1.82, 2.24) is 4.98 Å². The zero-order chi connectivity index (χ0) is 15.2. The molecule has 2 aromatic rings. The van der Waals surface area contributed by atoms with Crippen molar-refractivity contribution in [2.24, 2.45) is 0 Å². The minimum atomic E-state index is -0.921. The molecule has 0 unspecified atom stereocenters. The van der Waals surface area contributed by atoms with Gasteiger partial charge in [-0.25, -0.2) is 8.78 Å². The summed E-state index contributed by atoms with van der Waals surface area (Å²) in [6.45, 7) is 3.90. The summed E-state index contributed by atoms with van der Waals surface area (Å²) in [4.78, 5) is 3.58. The molecule has 0 saturated heterocycles. The standard InChI is InChI=1S/C15H14F2N2O2/c1-15(2)7-8-4-3-5-11(12(8)21-15)20-14-10(17)6-9(16)13(18)19-14/h3-6H,7H2,1-2H3,(H2,18,19). The molecule has 2 heterocycles. The lowest BCUT2D eigenvalue weighted by atomic mass is 10.0. The second-order valence-corrected chi connectivity index (χ2v) is 5.53. The molecule has 0 amide bonds. The molecule has 0 aliphatic carbocycles. The van der Waals surface area contributed by atoms with E-state index in [4.69, 9.17) is 15.2 Å². The highest BCUT2D eigenvalue weighted by Gasteiger charge is 2.32. The second-order valence-electron chi connectivity index (χ2n) is 5.53. The van der Waals surface area contributed by atoms with E-state index in [1.807, 2.05) is 19.9 Å². The molecule has 21 heavy (non-hydrogen) atoms. The summed E-state index contributed by atoms with van der Waals surface area (Å²) in [5.41, 5.74) is 5.95. The van der Waals surface area contributed by atoms with E-state index in [1.165, 1.54) is 0 Å². The van der Waals surface area contributed by atoms with E-state index < -0.39 is 17.5 Å². The van der Waals surface area contributed by atoms with Gasteiger partial charge in [0.15, 0.2) is 29.0 Å². The maximum atomic E-state index is 13.7. The number of hydrogen-bond acceptors (Lipinski definition) is 4. The number of fused-ring (bicyclic) bond motifs is 1. The predicted octanol–water partition coefficient (Wildman–Crippen LogP) is 3.45. The highest BCUT2D eigenvalue weighted by molar-refractivity contribution is 5.51. The first-order chi connectivity index (χ1) is 9.85. The van der Waals surface area contributed by atoms with Crippen LogP contribution in [0, 0.1) is 11.6 Å². The van der Waals surface area contributed by atoms with Crippen molar-refractivity contribution in [1.29, 1.82) is 0 Å². The van der Waals surface area contributed by atoms with Gasteiger partial charge in [0.2, 0.25) is 0 Å². The van der Waals surface area contributed by atoms with E-state index in [2.05, 4.69) is 4.98 Å². The largest absolute Gasteiger partial charge is 0.483 e. The van der Waals surface area contributed by atoms with E-state index in [0.717, 1.165) is 12.0 Å². The van der Waals surface area contributed by atoms with Crippen LogP contribution in [0.15, 0.2) is 24.3 Å². The minimum absolute atomic E-state index is 0.329. The quantitative estimate of drug-likeness (QED) is 0.921. The third-order valence-electron chi connectivity index (χ3n) is 3.19. The SMILES string of the molecule is CC1(C)Cc2cccc(Oc3nc(N)c(F)cc3F)c2O1. The van der Waals surface area contributed by atoms with E-state index in [0.29, 0.717) is 17.6 Å². The van der Waals surface area contributed by atoms with Gasteiger partial charge < -0.3 is 15.2 Å². The van der Waals surface area contributed by atoms with Crippen molar-refractivity contribution in [3.05, 3.63) is 41.5 Å². The third-order valence-corrected chi connectivity index (χ3v) is 3.19. The topological polar surface area (TPSA) is 57.4 Å². The van der Waals surface area contributed by atoms with Crippen molar-refractivity contribution >= 4 is 5.82 Å². The molecule has 0 radical (unpaired) electrons. The van der Waals surface area contributed by atoms with Crippen molar-refractivity contribution in [3.63, 3.8) is 0 Å². The van der Waals surface area contributed by atoms with Gasteiger partial charge in [-0.1, -0.05) is 12.1 Å². The lowest BCUT2D eigenvalue weighted by Crippen LogP contribution is -2.24. The number of nitrogens with zero attached hydrogens (tertiary/aromatic N) is 1. The van der Waals surface area contributed by atoms with Gasteiger partial charge in [-0.15, -0.1) is 0 Å². The fourth-order valence-electron chi connectivity index (χ4n) is 2.31. The van der Waals surface area contributed by atoms with Crippen LogP contribution in [0.4, 0.5) is 14.6 Å². The van der Waals surface area contributed by atoms with Crippen molar-refractivity contribution < 1.29 is 18.3 Å². The number of para-hydroxylation sites is 1. The summed E-state index contributed by atoms with van der Waals surface area (Å²) in [5, 5.41) is 0. The molecule has 1 aromatic carbocycles. The number of aromatic nitrogens is 1. The first-order valence-electron chi connectivity index (χ1n) is 6.46. The van der Waals surface area contributed by atoms with Crippen LogP contribution in [-0.2, 0) is 6.42 Å². The van der Waals surface area contributed by atoms with Crippen LogP contribution in [0.2, 0.25) is 0 Å². The van der Waals surface area contributed by atoms with Crippen molar-refractivity contribution in [2.75, 3.05) is 5.73 Å². The number of nitrogen functional groups attached to an aromatic ring is 1. The molecule has 110 valence electrons. The molecule has 1 aliphatic heterocycles. The van der Waals surface area contributed by atoms with E-state index >= 15 is 0 Å². The molecule has 0 atom stereocenters. The van der Waals surface area contributed by atoms with Crippen molar-refractivity contribution in [3.8, 4) is 17.4 Å². The molecule has 0 bridgehead atoms. The van der Waals surface area contributed by atoms with Gasteiger partial charge in [0.1, 0.15) is 5.60 Å². The van der Waals surface area contributed by atoms with Gasteiger partial charge in [-0.3, -0.25) is 0 Å². The van der Waals surface area contributed by atoms with Crippen LogP contribution in [0.1, 0.15) is 19.4 Å². The number of benzene rings is 1. The first kappa shape index (κ1) is 13.6. The molecule has 0 fully saturated rings. The first-order valence-corrected chi connectivity index (χ1v) is 6.46. The molecular weight excluding hydrogens is 278 g/mol. The molecule has 0 spiro atoms. The Hall–Kier alpha value is -2.37. The van der Waals surface area contributed by atoms with Gasteiger partial charge >= 0.3 is 0 Å². The fourth-order valence-corrected chi connectivity index (χ4v) is 2.31. The molecule has 3 rings (SSSR count). The fraction of sp³-hybridized carbons (Fsp3) is 0.267. The number of halogens is 2. The van der Waals surface area contributed by atoms with Gasteiger partial charge in [-0.2, -0.15) is 4.98 Å². The Labute approximate surface area is 120 Å². The maximum Gasteiger partial charge on any atom is 0.258 e. The number of nitrogens with two attached hydrogens (primary N) is 1. The van der Waals surface area contributed by atoms with Gasteiger partial charge in [0.25, 0.3) is 5.88 Å². The van der Waals surface area contributed by atoms with E-state index in [-0.39, 0.29) is 11.5 Å². The minimum Gasteiger partial charge on any atom is -0.483 e. The molecule has 6 heteroatoms. The Morgan fingerprint density at radius 3 is 2.81 bits per heavy atom. The summed E-state index contributed by atoms with van der Waals surface area (Å²) in [6.07, 6.45) is 0.723. The summed E-state index contributed by atoms with van der Waals surface area (Å²) in [7, 11) is 0. The molecule has 2 N–H and O–H groups in total. The second kappa shape index (κ2) is 4.58. The smallest absolute Gasteiger partial charge is 0.258 e. The van der Waals surface area contributed by atoms with Crippen molar-refractivity contribution in [2.45, 2.75) is 25.9 Å². The van der Waals surface area contributed by atoms with Crippen LogP contribution in [0.3, 0.4) is 0 Å². The zero-order valence-electron chi connectivity index (χ0n) is 11.6. The van der Waals surface area contributed by atoms with Crippen LogP contribution in [0.25, 0.3) is 0 Å². The summed E-state index contributed by atoms with van der Waals surface area (Å²) in [5.74, 6) is -1.76. The summed E-state index contributed by atoms with van der Waals surface area (Å²) < 4.78 is 38.0. The van der Waals surface area contributed by atoms with E-state index in [9.17, 15) is 8.78 Å². The highest BCUT2D eigenvalue weighted by Crippen LogP contribution is 2.43. The van der Waals surface area contributed by atoms with Crippen LogP contribution >= 0.6 is 0 Å². The molecule has 1 aliphatic rings. The van der Waals surface area contributed by atoms with Crippen LogP contribution in [-0.4, -0.2) is 10.6 Å². The lowest BCUT2D eigenvalue weighted by Gasteiger charge is -2.18. The number of hydrogen-bond donors (Lipinski definition) is 1. The summed E-state index contributed by atoms with van der Waals surface area (Å²) >= 11 is 0. The maximum absolute atomic E-state index is 13.7. The highest BCUT2D eigenvalue weighted by atomic mass is 19.1. The lowest BCUT2D eigenvalue weighted by molar-refractivity contribution is 0.134. The van der Waals surface area contributed by atoms with Crippen LogP contribution in [0.5, 0.6) is 17.4 Å². The third kappa shape index (κ3) is 2.49. The molecule has 1 aromatic heterocycles. The summed E-state index contributed by atoms with van der Waals surface area (Å²) in [6, 6.07) is 5.98. The van der Waals surface area contributed by atoms with Gasteiger partial charge in [-0.05, 0) is 19.9 Å². The Morgan fingerprint density at radius 1 is 1.29 bits per heavy atom. The number of pyridine rings is 1. The van der Waals surface area contributed by atoms with Gasteiger partial charge in [0.05, 0.1) is 0 Å². The van der Waals surface area contributed by atoms with Crippen LogP contribution < -0.4 is 15.2 Å². The zero-order valence-corrected chi connectivity index (χ0v) is 11.6. The Kier molecular flexibility index (Phi) is 2.97. The number of anilines is 1. The molecular formula is C15H14F2N2O2. The molecule has 4 nitrogen and oxygen atoms in total. The van der Waals surface area contributed by atoms with Gasteiger partial charge in [0, 0.05) is 18.1 Å². The predicted molar refractivity (Wildman–Crippen MR) is 73.5 cm³/mol.